The zero-order valence-corrected chi connectivity index (χ0v) is 15.9. The van der Waals surface area contributed by atoms with Gasteiger partial charge in [0.25, 0.3) is 0 Å². The molecule has 0 saturated heterocycles. The fourth-order valence-electron chi connectivity index (χ4n) is 3.90. The summed E-state index contributed by atoms with van der Waals surface area (Å²) in [6.45, 7) is 5.93. The molecule has 136 valence electrons. The Morgan fingerprint density at radius 3 is 2.33 bits per heavy atom. The van der Waals surface area contributed by atoms with Crippen LogP contribution in [0, 0.1) is 5.92 Å². The van der Waals surface area contributed by atoms with Crippen LogP contribution in [-0.4, -0.2) is 25.1 Å². The van der Waals surface area contributed by atoms with Crippen molar-refractivity contribution in [1.29, 1.82) is 0 Å². The van der Waals surface area contributed by atoms with Crippen molar-refractivity contribution in [2.24, 2.45) is 5.92 Å². The van der Waals surface area contributed by atoms with Crippen molar-refractivity contribution < 1.29 is 4.74 Å². The molecule has 2 heteroatoms. The Morgan fingerprint density at radius 2 is 1.67 bits per heavy atom. The van der Waals surface area contributed by atoms with E-state index >= 15 is 0 Å². The maximum atomic E-state index is 5.28. The van der Waals surface area contributed by atoms with Crippen LogP contribution in [0.4, 0.5) is 0 Å². The second kappa shape index (κ2) is 11.5. The molecular formula is C22H37NO. The van der Waals surface area contributed by atoms with Crippen molar-refractivity contribution in [1.82, 2.24) is 4.90 Å². The third-order valence-corrected chi connectivity index (χ3v) is 5.38. The molecule has 0 spiro atoms. The molecular weight excluding hydrogens is 294 g/mol. The van der Waals surface area contributed by atoms with Crippen LogP contribution in [0.3, 0.4) is 0 Å². The zero-order valence-electron chi connectivity index (χ0n) is 15.9. The lowest BCUT2D eigenvalue weighted by Gasteiger charge is -2.30. The summed E-state index contributed by atoms with van der Waals surface area (Å²) in [7, 11) is 1.74. The van der Waals surface area contributed by atoms with Crippen LogP contribution in [-0.2, 0) is 6.54 Å². The summed E-state index contributed by atoms with van der Waals surface area (Å²) in [5, 5.41) is 0. The Hall–Kier alpha value is -1.02. The number of unbranched alkanes of at least 4 members (excludes halogenated alkanes) is 4. The fraction of sp³-hybridized carbons (Fsp3) is 0.727. The van der Waals surface area contributed by atoms with E-state index in [1.165, 1.54) is 82.9 Å². The van der Waals surface area contributed by atoms with Crippen LogP contribution >= 0.6 is 0 Å². The maximum absolute atomic E-state index is 5.28. The minimum Gasteiger partial charge on any atom is -0.497 e. The van der Waals surface area contributed by atoms with Crippen molar-refractivity contribution in [3.8, 4) is 5.75 Å². The van der Waals surface area contributed by atoms with Gasteiger partial charge in [-0.1, -0.05) is 64.0 Å². The second-order valence-corrected chi connectivity index (χ2v) is 7.50. The van der Waals surface area contributed by atoms with Gasteiger partial charge in [0.1, 0.15) is 5.75 Å². The quantitative estimate of drug-likeness (QED) is 0.458. The van der Waals surface area contributed by atoms with Crippen molar-refractivity contribution in [2.75, 3.05) is 20.2 Å². The molecule has 0 atom stereocenters. The standard InChI is InChI=1S/C22H37NO/c1-3-4-5-6-10-17-23(18-20-11-8-7-9-12-20)19-21-13-15-22(24-2)16-14-21/h13-16,20H,3-12,17-19H2,1-2H3. The van der Waals surface area contributed by atoms with Crippen LogP contribution in [0.1, 0.15) is 76.7 Å². The molecule has 0 unspecified atom stereocenters. The third-order valence-electron chi connectivity index (χ3n) is 5.38. The van der Waals surface area contributed by atoms with Gasteiger partial charge in [-0.25, -0.2) is 0 Å². The summed E-state index contributed by atoms with van der Waals surface area (Å²) in [5.41, 5.74) is 1.42. The average molecular weight is 332 g/mol. The minimum absolute atomic E-state index is 0.924. The van der Waals surface area contributed by atoms with E-state index in [1.54, 1.807) is 7.11 Å². The highest BCUT2D eigenvalue weighted by Gasteiger charge is 2.17. The third kappa shape index (κ3) is 7.25. The summed E-state index contributed by atoms with van der Waals surface area (Å²) in [6.07, 6.45) is 14.1. The topological polar surface area (TPSA) is 12.5 Å². The number of ether oxygens (including phenoxy) is 1. The van der Waals surface area contributed by atoms with Crippen molar-refractivity contribution >= 4 is 0 Å². The number of nitrogens with zero attached hydrogens (tertiary/aromatic N) is 1. The molecule has 0 aromatic heterocycles. The molecule has 0 aliphatic heterocycles. The number of hydrogen-bond donors (Lipinski definition) is 0. The first-order valence-corrected chi connectivity index (χ1v) is 10.2. The van der Waals surface area contributed by atoms with Gasteiger partial charge in [-0.2, -0.15) is 0 Å². The van der Waals surface area contributed by atoms with Gasteiger partial charge >= 0.3 is 0 Å². The SMILES string of the molecule is CCCCCCCN(Cc1ccc(OC)cc1)CC1CCCCC1. The highest BCUT2D eigenvalue weighted by Crippen LogP contribution is 2.25. The summed E-state index contributed by atoms with van der Waals surface area (Å²) >= 11 is 0. The summed E-state index contributed by atoms with van der Waals surface area (Å²) < 4.78 is 5.28. The van der Waals surface area contributed by atoms with Gasteiger partial charge in [-0.3, -0.25) is 4.90 Å². The van der Waals surface area contributed by atoms with E-state index in [0.717, 1.165) is 18.2 Å². The Balaban J connectivity index is 1.84. The largest absolute Gasteiger partial charge is 0.497 e. The van der Waals surface area contributed by atoms with Crippen molar-refractivity contribution in [3.63, 3.8) is 0 Å². The Morgan fingerprint density at radius 1 is 0.958 bits per heavy atom. The molecule has 0 N–H and O–H groups in total. The lowest BCUT2D eigenvalue weighted by Crippen LogP contribution is -2.31. The molecule has 0 radical (unpaired) electrons. The van der Waals surface area contributed by atoms with Gasteiger partial charge in [0.2, 0.25) is 0 Å². The number of rotatable bonds is 11. The van der Waals surface area contributed by atoms with Gasteiger partial charge in [0, 0.05) is 13.1 Å². The number of benzene rings is 1. The molecule has 0 heterocycles. The Bertz CT molecular complexity index is 422. The second-order valence-electron chi connectivity index (χ2n) is 7.50. The summed E-state index contributed by atoms with van der Waals surface area (Å²) in [6, 6.07) is 8.64. The molecule has 2 rings (SSSR count). The molecule has 24 heavy (non-hydrogen) atoms. The lowest BCUT2D eigenvalue weighted by atomic mass is 9.89. The fourth-order valence-corrected chi connectivity index (χ4v) is 3.90. The Kier molecular flexibility index (Phi) is 9.27. The van der Waals surface area contributed by atoms with Crippen LogP contribution in [0.5, 0.6) is 5.75 Å². The first-order chi connectivity index (χ1) is 11.8. The molecule has 1 fully saturated rings. The van der Waals surface area contributed by atoms with E-state index in [1.807, 2.05) is 0 Å². The highest BCUT2D eigenvalue weighted by atomic mass is 16.5. The minimum atomic E-state index is 0.924. The normalized spacial score (nSPS) is 15.8. The molecule has 1 aromatic carbocycles. The van der Waals surface area contributed by atoms with Crippen LogP contribution in [0.2, 0.25) is 0 Å². The molecule has 2 nitrogen and oxygen atoms in total. The van der Waals surface area contributed by atoms with E-state index in [9.17, 15) is 0 Å². The molecule has 0 amide bonds. The van der Waals surface area contributed by atoms with Crippen LogP contribution < -0.4 is 4.74 Å². The number of hydrogen-bond acceptors (Lipinski definition) is 2. The van der Waals surface area contributed by atoms with Gasteiger partial charge in [0.15, 0.2) is 0 Å². The van der Waals surface area contributed by atoms with E-state index < -0.39 is 0 Å². The predicted octanol–water partition coefficient (Wildman–Crippen LogP) is 6.05. The zero-order chi connectivity index (χ0) is 17.0. The first-order valence-electron chi connectivity index (χ1n) is 10.2. The first kappa shape index (κ1) is 19.3. The van der Waals surface area contributed by atoms with Crippen LogP contribution in [0.25, 0.3) is 0 Å². The molecule has 1 saturated carbocycles. The molecule has 1 aliphatic rings. The number of methoxy groups -OCH3 is 1. The van der Waals surface area contributed by atoms with E-state index in [0.29, 0.717) is 0 Å². The van der Waals surface area contributed by atoms with Crippen molar-refractivity contribution in [3.05, 3.63) is 29.8 Å². The lowest BCUT2D eigenvalue weighted by molar-refractivity contribution is 0.190. The monoisotopic (exact) mass is 331 g/mol. The van der Waals surface area contributed by atoms with Gasteiger partial charge in [-0.15, -0.1) is 0 Å². The Labute approximate surface area is 149 Å². The summed E-state index contributed by atoms with van der Waals surface area (Å²) in [5.74, 6) is 1.88. The van der Waals surface area contributed by atoms with E-state index in [-0.39, 0.29) is 0 Å². The average Bonchev–Trinajstić information content (AvgIpc) is 2.63. The molecule has 1 aromatic rings. The van der Waals surface area contributed by atoms with E-state index in [2.05, 4.69) is 36.1 Å². The maximum Gasteiger partial charge on any atom is 0.118 e. The van der Waals surface area contributed by atoms with Crippen molar-refractivity contribution in [2.45, 2.75) is 77.7 Å². The van der Waals surface area contributed by atoms with E-state index in [4.69, 9.17) is 4.74 Å². The molecule has 0 bridgehead atoms. The highest BCUT2D eigenvalue weighted by molar-refractivity contribution is 5.27. The molecule has 1 aliphatic carbocycles. The smallest absolute Gasteiger partial charge is 0.118 e. The van der Waals surface area contributed by atoms with Gasteiger partial charge < -0.3 is 4.74 Å². The van der Waals surface area contributed by atoms with Crippen LogP contribution in [0.15, 0.2) is 24.3 Å². The van der Waals surface area contributed by atoms with Gasteiger partial charge in [-0.05, 0) is 49.4 Å². The predicted molar refractivity (Wildman–Crippen MR) is 104 cm³/mol. The summed E-state index contributed by atoms with van der Waals surface area (Å²) in [4.78, 5) is 2.71. The van der Waals surface area contributed by atoms with Gasteiger partial charge in [0.05, 0.1) is 7.11 Å².